The van der Waals surface area contributed by atoms with Gasteiger partial charge >= 0.3 is 6.18 Å². The van der Waals surface area contributed by atoms with Crippen molar-refractivity contribution in [2.45, 2.75) is 17.1 Å². The zero-order valence-electron chi connectivity index (χ0n) is 13.5. The summed E-state index contributed by atoms with van der Waals surface area (Å²) < 4.78 is 57.9. The van der Waals surface area contributed by atoms with Crippen LogP contribution in [0.25, 0.3) is 0 Å². The molecule has 2 aromatic carbocycles. The minimum absolute atomic E-state index is 0.0348. The largest absolute Gasteiger partial charge is 0.439 e. The van der Waals surface area contributed by atoms with Gasteiger partial charge in [-0.05, 0) is 29.8 Å². The van der Waals surface area contributed by atoms with E-state index in [1.807, 2.05) is 0 Å². The van der Waals surface area contributed by atoms with Gasteiger partial charge in [-0.2, -0.15) is 18.2 Å². The van der Waals surface area contributed by atoms with Crippen LogP contribution in [0.2, 0.25) is 5.02 Å². The molecule has 0 radical (unpaired) electrons. The molecule has 0 amide bonds. The van der Waals surface area contributed by atoms with Crippen LogP contribution in [0.15, 0.2) is 59.8 Å². The van der Waals surface area contributed by atoms with Crippen LogP contribution in [-0.4, -0.2) is 9.97 Å². The van der Waals surface area contributed by atoms with Crippen molar-refractivity contribution in [1.29, 1.82) is 0 Å². The second-order valence-corrected chi connectivity index (χ2v) is 6.73. The number of aromatic nitrogens is 2. The Labute approximate surface area is 161 Å². The number of hydrogen-bond acceptors (Lipinski definition) is 4. The summed E-state index contributed by atoms with van der Waals surface area (Å²) in [4.78, 5) is 7.52. The predicted octanol–water partition coefficient (Wildman–Crippen LogP) is 6.37. The first-order valence-electron chi connectivity index (χ1n) is 7.56. The molecule has 1 aromatic heterocycles. The van der Waals surface area contributed by atoms with Crippen molar-refractivity contribution in [3.63, 3.8) is 0 Å². The topological polar surface area (TPSA) is 35.0 Å². The number of benzene rings is 2. The third kappa shape index (κ3) is 5.58. The average Bonchev–Trinajstić information content (AvgIpc) is 2.59. The van der Waals surface area contributed by atoms with Crippen molar-refractivity contribution < 1.29 is 22.3 Å². The van der Waals surface area contributed by atoms with Gasteiger partial charge in [-0.1, -0.05) is 41.6 Å². The third-order valence-electron chi connectivity index (χ3n) is 3.25. The Morgan fingerprint density at radius 1 is 1.00 bits per heavy atom. The number of thioether (sulfide) groups is 1. The Kier molecular flexibility index (Phi) is 5.86. The second-order valence-electron chi connectivity index (χ2n) is 5.35. The zero-order chi connectivity index (χ0) is 19.4. The van der Waals surface area contributed by atoms with E-state index in [2.05, 4.69) is 9.97 Å². The number of hydrogen-bond donors (Lipinski definition) is 0. The zero-order valence-corrected chi connectivity index (χ0v) is 15.1. The summed E-state index contributed by atoms with van der Waals surface area (Å²) in [6, 6.07) is 12.6. The van der Waals surface area contributed by atoms with E-state index >= 15 is 0 Å². The van der Waals surface area contributed by atoms with E-state index in [4.69, 9.17) is 16.3 Å². The van der Waals surface area contributed by atoms with Gasteiger partial charge in [0.25, 0.3) is 0 Å². The number of rotatable bonds is 5. The molecule has 0 aliphatic carbocycles. The lowest BCUT2D eigenvalue weighted by Gasteiger charge is -2.11. The molecule has 0 atom stereocenters. The fourth-order valence-corrected chi connectivity index (χ4v) is 3.10. The Morgan fingerprint density at radius 2 is 1.78 bits per heavy atom. The Hall–Kier alpha value is -2.32. The maximum Gasteiger partial charge on any atom is 0.433 e. The van der Waals surface area contributed by atoms with Gasteiger partial charge in [0.05, 0.1) is 0 Å². The van der Waals surface area contributed by atoms with Crippen LogP contribution in [0.3, 0.4) is 0 Å². The molecule has 3 rings (SSSR count). The Balaban J connectivity index is 1.86. The normalized spacial score (nSPS) is 11.4. The van der Waals surface area contributed by atoms with E-state index in [1.54, 1.807) is 24.3 Å². The van der Waals surface area contributed by atoms with E-state index < -0.39 is 17.7 Å². The SMILES string of the molecule is Fc1cccc(Oc2cc(C(F)(F)F)nc(SCc3cccc(Cl)c3)n2)c1. The van der Waals surface area contributed by atoms with Crippen LogP contribution in [0.1, 0.15) is 11.3 Å². The van der Waals surface area contributed by atoms with Crippen molar-refractivity contribution in [2.24, 2.45) is 0 Å². The highest BCUT2D eigenvalue weighted by Crippen LogP contribution is 2.33. The molecule has 27 heavy (non-hydrogen) atoms. The number of ether oxygens (including phenoxy) is 1. The van der Waals surface area contributed by atoms with Crippen LogP contribution >= 0.6 is 23.4 Å². The van der Waals surface area contributed by atoms with Gasteiger partial charge < -0.3 is 4.74 Å². The molecule has 0 saturated carbocycles. The average molecular weight is 415 g/mol. The molecular weight excluding hydrogens is 404 g/mol. The monoisotopic (exact) mass is 414 g/mol. The van der Waals surface area contributed by atoms with Gasteiger partial charge in [-0.3, -0.25) is 0 Å². The minimum Gasteiger partial charge on any atom is -0.439 e. The maximum absolute atomic E-state index is 13.3. The van der Waals surface area contributed by atoms with Crippen molar-refractivity contribution in [3.8, 4) is 11.6 Å². The van der Waals surface area contributed by atoms with Crippen LogP contribution < -0.4 is 4.74 Å². The predicted molar refractivity (Wildman–Crippen MR) is 94.5 cm³/mol. The van der Waals surface area contributed by atoms with Crippen LogP contribution in [0, 0.1) is 5.82 Å². The number of alkyl halides is 3. The van der Waals surface area contributed by atoms with Crippen molar-refractivity contribution in [3.05, 3.63) is 76.7 Å². The molecule has 1 heterocycles. The van der Waals surface area contributed by atoms with E-state index in [9.17, 15) is 17.6 Å². The smallest absolute Gasteiger partial charge is 0.433 e. The first kappa shape index (κ1) is 19.4. The molecule has 0 aliphatic heterocycles. The van der Waals surface area contributed by atoms with E-state index in [0.29, 0.717) is 16.8 Å². The molecule has 0 N–H and O–H groups in total. The first-order chi connectivity index (χ1) is 12.8. The first-order valence-corrected chi connectivity index (χ1v) is 8.93. The van der Waals surface area contributed by atoms with Gasteiger partial charge in [0, 0.05) is 22.9 Å². The van der Waals surface area contributed by atoms with Gasteiger partial charge in [-0.25, -0.2) is 9.37 Å². The summed E-state index contributed by atoms with van der Waals surface area (Å²) in [5.74, 6) is -0.543. The molecule has 0 spiro atoms. The Bertz CT molecular complexity index is 953. The number of nitrogens with zero attached hydrogens (tertiary/aromatic N) is 2. The van der Waals surface area contributed by atoms with Crippen molar-refractivity contribution in [1.82, 2.24) is 9.97 Å². The quantitative estimate of drug-likeness (QED) is 0.276. The van der Waals surface area contributed by atoms with Gasteiger partial charge in [0.15, 0.2) is 10.9 Å². The molecule has 0 unspecified atom stereocenters. The summed E-state index contributed by atoms with van der Waals surface area (Å²) in [7, 11) is 0. The molecule has 3 nitrogen and oxygen atoms in total. The Morgan fingerprint density at radius 3 is 2.48 bits per heavy atom. The fourth-order valence-electron chi connectivity index (χ4n) is 2.09. The molecule has 0 aliphatic rings. The molecule has 0 saturated heterocycles. The number of halogens is 5. The molecule has 140 valence electrons. The van der Waals surface area contributed by atoms with Crippen LogP contribution in [-0.2, 0) is 11.9 Å². The lowest BCUT2D eigenvalue weighted by atomic mass is 10.2. The summed E-state index contributed by atoms with van der Waals surface area (Å²) in [5.41, 5.74) is -0.335. The van der Waals surface area contributed by atoms with Gasteiger partial charge in [0.2, 0.25) is 5.88 Å². The van der Waals surface area contributed by atoms with Crippen LogP contribution in [0.5, 0.6) is 11.6 Å². The second kappa shape index (κ2) is 8.14. The molecule has 3 aromatic rings. The molecule has 0 bridgehead atoms. The van der Waals surface area contributed by atoms with E-state index in [0.717, 1.165) is 23.4 Å². The lowest BCUT2D eigenvalue weighted by Crippen LogP contribution is -2.10. The summed E-state index contributed by atoms with van der Waals surface area (Å²) in [6.07, 6.45) is -4.67. The van der Waals surface area contributed by atoms with Gasteiger partial charge in [0.1, 0.15) is 11.6 Å². The third-order valence-corrected chi connectivity index (χ3v) is 4.40. The van der Waals surface area contributed by atoms with Crippen molar-refractivity contribution in [2.75, 3.05) is 0 Å². The summed E-state index contributed by atoms with van der Waals surface area (Å²) in [5, 5.41) is 0.407. The fraction of sp³-hybridized carbons (Fsp3) is 0.111. The maximum atomic E-state index is 13.3. The summed E-state index contributed by atoms with van der Waals surface area (Å²) >= 11 is 6.91. The minimum atomic E-state index is -4.67. The van der Waals surface area contributed by atoms with Crippen molar-refractivity contribution >= 4 is 23.4 Å². The molecular formula is C18H11ClF4N2OS. The summed E-state index contributed by atoms with van der Waals surface area (Å²) in [6.45, 7) is 0. The highest BCUT2D eigenvalue weighted by molar-refractivity contribution is 7.98. The highest BCUT2D eigenvalue weighted by Gasteiger charge is 2.34. The molecule has 9 heteroatoms. The van der Waals surface area contributed by atoms with Gasteiger partial charge in [-0.15, -0.1) is 0 Å². The highest BCUT2D eigenvalue weighted by atomic mass is 35.5. The standard InChI is InChI=1S/C18H11ClF4N2OS/c19-12-4-1-3-11(7-12)10-27-17-24-15(18(21,22)23)9-16(25-17)26-14-6-2-5-13(20)8-14/h1-9H,10H2. The molecule has 0 fully saturated rings. The lowest BCUT2D eigenvalue weighted by molar-refractivity contribution is -0.141. The van der Waals surface area contributed by atoms with Crippen LogP contribution in [0.4, 0.5) is 17.6 Å². The van der Waals surface area contributed by atoms with E-state index in [-0.39, 0.29) is 16.8 Å². The van der Waals surface area contributed by atoms with E-state index in [1.165, 1.54) is 18.2 Å².